The molecule has 2 bridgehead atoms. The zero-order valence-corrected chi connectivity index (χ0v) is 15.5. The normalized spacial score (nSPS) is 29.1. The summed E-state index contributed by atoms with van der Waals surface area (Å²) in [4.78, 5) is 2.81. The van der Waals surface area contributed by atoms with Crippen molar-refractivity contribution in [1.29, 1.82) is 0 Å². The summed E-state index contributed by atoms with van der Waals surface area (Å²) in [5, 5.41) is 3.07. The van der Waals surface area contributed by atoms with Crippen molar-refractivity contribution < 1.29 is 0 Å². The van der Waals surface area contributed by atoms with Gasteiger partial charge in [0, 0.05) is 12.6 Å². The Morgan fingerprint density at radius 1 is 0.958 bits per heavy atom. The molecule has 3 aliphatic heterocycles. The fourth-order valence-electron chi connectivity index (χ4n) is 4.69. The third-order valence-electron chi connectivity index (χ3n) is 6.07. The summed E-state index contributed by atoms with van der Waals surface area (Å²) < 4.78 is 0. The lowest BCUT2D eigenvalue weighted by Gasteiger charge is -2.50. The van der Waals surface area contributed by atoms with Gasteiger partial charge in [0.1, 0.15) is 0 Å². The van der Waals surface area contributed by atoms with E-state index in [0.29, 0.717) is 0 Å². The van der Waals surface area contributed by atoms with Crippen LogP contribution >= 0.6 is 7.92 Å². The van der Waals surface area contributed by atoms with Gasteiger partial charge in [-0.15, -0.1) is 0 Å². The van der Waals surface area contributed by atoms with Gasteiger partial charge in [-0.2, -0.15) is 0 Å². The zero-order chi connectivity index (χ0) is 16.4. The average Bonchev–Trinajstić information content (AvgIpc) is 2.68. The monoisotopic (exact) mass is 337 g/mol. The first-order chi connectivity index (χ1) is 11.8. The number of hydrogen-bond acceptors (Lipinski definition) is 1. The summed E-state index contributed by atoms with van der Waals surface area (Å²) >= 11 is 0. The highest BCUT2D eigenvalue weighted by Gasteiger charge is 2.40. The highest BCUT2D eigenvalue weighted by atomic mass is 31.1. The minimum absolute atomic E-state index is 0.246. The Morgan fingerprint density at radius 3 is 2.08 bits per heavy atom. The van der Waals surface area contributed by atoms with Gasteiger partial charge in [0.25, 0.3) is 0 Å². The Bertz CT molecular complexity index is 602. The van der Waals surface area contributed by atoms with Crippen LogP contribution in [0.25, 0.3) is 0 Å². The summed E-state index contributed by atoms with van der Waals surface area (Å²) in [6.07, 6.45) is 5.55. The Morgan fingerprint density at radius 2 is 1.58 bits per heavy atom. The van der Waals surface area contributed by atoms with Crippen LogP contribution in [0.5, 0.6) is 0 Å². The van der Waals surface area contributed by atoms with E-state index in [1.54, 1.807) is 0 Å². The van der Waals surface area contributed by atoms with Crippen LogP contribution < -0.4 is 10.6 Å². The maximum Gasteiger partial charge on any atom is 0.0143 e. The molecule has 24 heavy (non-hydrogen) atoms. The fourth-order valence-corrected chi connectivity index (χ4v) is 7.27. The standard InChI is InChI=1S/C22H28NP/c1-2-18-16-23-14-13-19(18)15-20(23)17-24(21-9-5-3-6-10-21)22-11-7-4-8-12-22/h3-12,18-20H,2,13-17H2,1H3. The van der Waals surface area contributed by atoms with Gasteiger partial charge in [-0.1, -0.05) is 74.0 Å². The molecule has 126 valence electrons. The maximum absolute atomic E-state index is 2.81. The third-order valence-corrected chi connectivity index (χ3v) is 8.70. The predicted molar refractivity (Wildman–Crippen MR) is 106 cm³/mol. The van der Waals surface area contributed by atoms with Crippen molar-refractivity contribution in [3.8, 4) is 0 Å². The molecule has 2 heteroatoms. The first-order valence-corrected chi connectivity index (χ1v) is 11.0. The van der Waals surface area contributed by atoms with Crippen molar-refractivity contribution in [2.24, 2.45) is 11.8 Å². The summed E-state index contributed by atoms with van der Waals surface area (Å²) in [5.74, 6) is 1.93. The summed E-state index contributed by atoms with van der Waals surface area (Å²) in [6.45, 7) is 5.06. The van der Waals surface area contributed by atoms with Crippen LogP contribution in [0, 0.1) is 11.8 Å². The van der Waals surface area contributed by atoms with Crippen LogP contribution in [0.4, 0.5) is 0 Å². The first kappa shape index (κ1) is 16.3. The van der Waals surface area contributed by atoms with Crippen molar-refractivity contribution in [3.63, 3.8) is 0 Å². The molecule has 0 saturated carbocycles. The molecule has 3 fully saturated rings. The van der Waals surface area contributed by atoms with E-state index >= 15 is 0 Å². The number of benzene rings is 2. The molecule has 5 rings (SSSR count). The van der Waals surface area contributed by atoms with Crippen LogP contribution in [0.2, 0.25) is 0 Å². The lowest BCUT2D eigenvalue weighted by molar-refractivity contribution is 0.00928. The molecule has 3 heterocycles. The smallest absolute Gasteiger partial charge is 0.0143 e. The van der Waals surface area contributed by atoms with Gasteiger partial charge in [-0.05, 0) is 55.9 Å². The van der Waals surface area contributed by atoms with Gasteiger partial charge in [-0.25, -0.2) is 0 Å². The van der Waals surface area contributed by atoms with Crippen LogP contribution in [0.15, 0.2) is 60.7 Å². The number of piperidine rings is 3. The molecule has 4 atom stereocenters. The predicted octanol–water partition coefficient (Wildman–Crippen LogP) is 4.24. The van der Waals surface area contributed by atoms with E-state index in [0.717, 1.165) is 17.9 Å². The quantitative estimate of drug-likeness (QED) is 0.738. The van der Waals surface area contributed by atoms with Gasteiger partial charge in [-0.3, -0.25) is 4.90 Å². The van der Waals surface area contributed by atoms with E-state index < -0.39 is 0 Å². The molecule has 0 radical (unpaired) electrons. The van der Waals surface area contributed by atoms with Crippen molar-refractivity contribution in [3.05, 3.63) is 60.7 Å². The zero-order valence-electron chi connectivity index (χ0n) is 14.6. The molecule has 0 amide bonds. The third kappa shape index (κ3) is 3.30. The van der Waals surface area contributed by atoms with Gasteiger partial charge < -0.3 is 0 Å². The highest BCUT2D eigenvalue weighted by molar-refractivity contribution is 7.73. The van der Waals surface area contributed by atoms with E-state index in [4.69, 9.17) is 0 Å². The van der Waals surface area contributed by atoms with Crippen molar-refractivity contribution >= 4 is 18.5 Å². The highest BCUT2D eigenvalue weighted by Crippen LogP contribution is 2.43. The SMILES string of the molecule is CCC1CN2CCC1CC2CP(c1ccccc1)c1ccccc1. The molecule has 0 N–H and O–H groups in total. The average molecular weight is 337 g/mol. The molecule has 3 saturated heterocycles. The maximum atomic E-state index is 2.81. The first-order valence-electron chi connectivity index (χ1n) is 9.47. The topological polar surface area (TPSA) is 3.24 Å². The second-order valence-electron chi connectivity index (χ2n) is 7.38. The minimum atomic E-state index is -0.246. The van der Waals surface area contributed by atoms with Gasteiger partial charge >= 0.3 is 0 Å². The Balaban J connectivity index is 1.57. The van der Waals surface area contributed by atoms with Crippen molar-refractivity contribution in [2.75, 3.05) is 19.3 Å². The lowest BCUT2D eigenvalue weighted by Crippen LogP contribution is -2.54. The number of nitrogens with zero attached hydrogens (tertiary/aromatic N) is 1. The van der Waals surface area contributed by atoms with Gasteiger partial charge in [0.2, 0.25) is 0 Å². The van der Waals surface area contributed by atoms with E-state index in [1.807, 2.05) is 0 Å². The number of rotatable bonds is 5. The van der Waals surface area contributed by atoms with Crippen molar-refractivity contribution in [2.45, 2.75) is 32.2 Å². The molecule has 2 aromatic carbocycles. The van der Waals surface area contributed by atoms with E-state index in [1.165, 1.54) is 49.1 Å². The van der Waals surface area contributed by atoms with Crippen LogP contribution in [-0.2, 0) is 0 Å². The molecular formula is C22H28NP. The molecule has 1 nitrogen and oxygen atoms in total. The van der Waals surface area contributed by atoms with Crippen LogP contribution in [-0.4, -0.2) is 30.2 Å². The summed E-state index contributed by atoms with van der Waals surface area (Å²) in [5.41, 5.74) is 0. The lowest BCUT2D eigenvalue weighted by atomic mass is 9.75. The van der Waals surface area contributed by atoms with Gasteiger partial charge in [0.05, 0.1) is 0 Å². The molecule has 0 spiro atoms. The van der Waals surface area contributed by atoms with Crippen LogP contribution in [0.1, 0.15) is 26.2 Å². The summed E-state index contributed by atoms with van der Waals surface area (Å²) in [7, 11) is -0.246. The Hall–Kier alpha value is -1.17. The Labute approximate surface area is 147 Å². The molecular weight excluding hydrogens is 309 g/mol. The largest absolute Gasteiger partial charge is 0.300 e. The number of fused-ring (bicyclic) bond motifs is 3. The second-order valence-corrected chi connectivity index (χ2v) is 9.64. The molecule has 3 aliphatic rings. The van der Waals surface area contributed by atoms with Crippen molar-refractivity contribution in [1.82, 2.24) is 4.90 Å². The molecule has 4 unspecified atom stereocenters. The second kappa shape index (κ2) is 7.38. The van der Waals surface area contributed by atoms with E-state index in [-0.39, 0.29) is 7.92 Å². The van der Waals surface area contributed by atoms with E-state index in [2.05, 4.69) is 72.5 Å². The molecule has 0 aromatic heterocycles. The Kier molecular flexibility index (Phi) is 5.01. The number of hydrogen-bond donors (Lipinski definition) is 0. The molecule has 2 aromatic rings. The van der Waals surface area contributed by atoms with Crippen LogP contribution in [0.3, 0.4) is 0 Å². The van der Waals surface area contributed by atoms with Gasteiger partial charge in [0.15, 0.2) is 0 Å². The van der Waals surface area contributed by atoms with E-state index in [9.17, 15) is 0 Å². The fraction of sp³-hybridized carbons (Fsp3) is 0.455. The molecule has 0 aliphatic carbocycles. The summed E-state index contributed by atoms with van der Waals surface area (Å²) in [6, 6.07) is 23.2. The minimum Gasteiger partial charge on any atom is -0.300 e.